The second-order valence-corrected chi connectivity index (χ2v) is 7.38. The molecule has 6 heteroatoms. The van der Waals surface area contributed by atoms with Gasteiger partial charge < -0.3 is 20.4 Å². The Bertz CT molecular complexity index is 582. The number of benzene rings is 1. The topological polar surface area (TPSA) is 71.3 Å². The molecule has 1 atom stereocenters. The number of aliphatic hydroxyl groups is 2. The van der Waals surface area contributed by atoms with Crippen LogP contribution >= 0.6 is 0 Å². The molecule has 2 aliphatic heterocycles. The third kappa shape index (κ3) is 5.43. The summed E-state index contributed by atoms with van der Waals surface area (Å²) in [6.07, 6.45) is 2.21. The van der Waals surface area contributed by atoms with Crippen molar-refractivity contribution in [2.24, 2.45) is 4.99 Å². The van der Waals surface area contributed by atoms with Crippen LogP contribution in [-0.4, -0.2) is 70.9 Å². The monoisotopic (exact) mass is 360 g/mol. The predicted molar refractivity (Wildman–Crippen MR) is 104 cm³/mol. The summed E-state index contributed by atoms with van der Waals surface area (Å²) in [6.45, 7) is 7.95. The van der Waals surface area contributed by atoms with E-state index in [1.807, 2.05) is 0 Å². The maximum Gasteiger partial charge on any atom is 0.194 e. The van der Waals surface area contributed by atoms with Crippen molar-refractivity contribution in [3.05, 3.63) is 35.4 Å². The van der Waals surface area contributed by atoms with Crippen molar-refractivity contribution < 1.29 is 10.2 Å². The Hall–Kier alpha value is -1.63. The van der Waals surface area contributed by atoms with E-state index in [9.17, 15) is 10.2 Å². The van der Waals surface area contributed by atoms with E-state index < -0.39 is 0 Å². The van der Waals surface area contributed by atoms with Crippen molar-refractivity contribution in [3.8, 4) is 0 Å². The van der Waals surface area contributed by atoms with Crippen LogP contribution in [0.25, 0.3) is 0 Å². The predicted octanol–water partition coefficient (Wildman–Crippen LogP) is 1.18. The average Bonchev–Trinajstić information content (AvgIpc) is 3.08. The molecule has 0 radical (unpaired) electrons. The van der Waals surface area contributed by atoms with Crippen molar-refractivity contribution in [2.75, 3.05) is 32.7 Å². The van der Waals surface area contributed by atoms with Crippen molar-refractivity contribution in [2.45, 2.75) is 51.5 Å². The molecular formula is C20H32N4O2. The van der Waals surface area contributed by atoms with E-state index in [4.69, 9.17) is 4.99 Å². The fraction of sp³-hybridized carbons (Fsp3) is 0.650. The van der Waals surface area contributed by atoms with Gasteiger partial charge in [-0.15, -0.1) is 0 Å². The van der Waals surface area contributed by atoms with E-state index >= 15 is 0 Å². The van der Waals surface area contributed by atoms with Gasteiger partial charge in [-0.1, -0.05) is 24.3 Å². The number of hydrogen-bond acceptors (Lipinski definition) is 4. The van der Waals surface area contributed by atoms with Gasteiger partial charge >= 0.3 is 0 Å². The second-order valence-electron chi connectivity index (χ2n) is 7.38. The van der Waals surface area contributed by atoms with Gasteiger partial charge in [-0.2, -0.15) is 0 Å². The van der Waals surface area contributed by atoms with Crippen molar-refractivity contribution >= 4 is 5.96 Å². The summed E-state index contributed by atoms with van der Waals surface area (Å²) in [5.41, 5.74) is 2.50. The zero-order valence-corrected chi connectivity index (χ0v) is 15.8. The van der Waals surface area contributed by atoms with E-state index in [1.54, 1.807) is 0 Å². The fourth-order valence-corrected chi connectivity index (χ4v) is 3.61. The van der Waals surface area contributed by atoms with E-state index in [0.717, 1.165) is 57.9 Å². The summed E-state index contributed by atoms with van der Waals surface area (Å²) in [5, 5.41) is 22.7. The second kappa shape index (κ2) is 9.35. The molecule has 2 fully saturated rings. The van der Waals surface area contributed by atoms with Gasteiger partial charge in [0, 0.05) is 39.3 Å². The van der Waals surface area contributed by atoms with Crippen LogP contribution in [-0.2, 0) is 13.1 Å². The number of nitrogens with zero attached hydrogens (tertiary/aromatic N) is 3. The van der Waals surface area contributed by atoms with Gasteiger partial charge in [0.15, 0.2) is 5.96 Å². The SMILES string of the molecule is CCNC(=NCc1ccc(CN2CCC(O)CC2)cc1)N1CC[C@@H](O)C1. The number of aliphatic imine (C=N–C) groups is 1. The molecular weight excluding hydrogens is 328 g/mol. The highest BCUT2D eigenvalue weighted by Gasteiger charge is 2.22. The third-order valence-electron chi connectivity index (χ3n) is 5.20. The highest BCUT2D eigenvalue weighted by molar-refractivity contribution is 5.80. The molecule has 144 valence electrons. The number of β-amino-alcohol motifs (C(OH)–C–C–N with tert-alkyl or cyclic N) is 1. The van der Waals surface area contributed by atoms with E-state index in [-0.39, 0.29) is 12.2 Å². The van der Waals surface area contributed by atoms with E-state index in [2.05, 4.69) is 46.3 Å². The molecule has 0 unspecified atom stereocenters. The van der Waals surface area contributed by atoms with Gasteiger partial charge in [-0.25, -0.2) is 4.99 Å². The minimum absolute atomic E-state index is 0.117. The van der Waals surface area contributed by atoms with Crippen LogP contribution < -0.4 is 5.32 Å². The zero-order valence-electron chi connectivity index (χ0n) is 15.8. The first kappa shape index (κ1) is 19.1. The molecule has 0 aromatic heterocycles. The Balaban J connectivity index is 1.54. The highest BCUT2D eigenvalue weighted by Crippen LogP contribution is 2.15. The standard InChI is InChI=1S/C20H32N4O2/c1-2-21-20(24-12-9-19(26)15-24)22-13-16-3-5-17(6-4-16)14-23-10-7-18(25)8-11-23/h3-6,18-19,25-26H,2,7-15H2,1H3,(H,21,22)/t19-/m1/s1. The Morgan fingerprint density at radius 2 is 1.69 bits per heavy atom. The molecule has 1 aromatic carbocycles. The first-order chi connectivity index (χ1) is 12.6. The average molecular weight is 361 g/mol. The van der Waals surface area contributed by atoms with Gasteiger partial charge in [0.2, 0.25) is 0 Å². The van der Waals surface area contributed by atoms with Crippen molar-refractivity contribution in [1.29, 1.82) is 0 Å². The first-order valence-electron chi connectivity index (χ1n) is 9.83. The number of nitrogens with one attached hydrogen (secondary N) is 1. The first-order valence-corrected chi connectivity index (χ1v) is 9.83. The molecule has 1 aromatic rings. The summed E-state index contributed by atoms with van der Waals surface area (Å²) >= 11 is 0. The van der Waals surface area contributed by atoms with Gasteiger partial charge in [0.05, 0.1) is 18.8 Å². The molecule has 6 nitrogen and oxygen atoms in total. The van der Waals surface area contributed by atoms with Crippen LogP contribution in [0.4, 0.5) is 0 Å². The lowest BCUT2D eigenvalue weighted by molar-refractivity contribution is 0.0792. The molecule has 3 N–H and O–H groups in total. The smallest absolute Gasteiger partial charge is 0.194 e. The summed E-state index contributed by atoms with van der Waals surface area (Å²) in [7, 11) is 0. The molecule has 26 heavy (non-hydrogen) atoms. The quantitative estimate of drug-likeness (QED) is 0.543. The number of aliphatic hydroxyl groups excluding tert-OH is 2. The Labute approximate surface area is 156 Å². The maximum atomic E-state index is 9.74. The molecule has 0 amide bonds. The number of rotatable bonds is 5. The van der Waals surface area contributed by atoms with Gasteiger partial charge in [-0.05, 0) is 37.3 Å². The Kier molecular flexibility index (Phi) is 6.88. The number of guanidine groups is 1. The fourth-order valence-electron chi connectivity index (χ4n) is 3.61. The number of hydrogen-bond donors (Lipinski definition) is 3. The lowest BCUT2D eigenvalue weighted by Gasteiger charge is -2.29. The molecule has 0 spiro atoms. The number of likely N-dealkylation sites (tertiary alicyclic amines) is 2. The van der Waals surface area contributed by atoms with Gasteiger partial charge in [0.25, 0.3) is 0 Å². The van der Waals surface area contributed by atoms with Crippen LogP contribution in [0.2, 0.25) is 0 Å². The van der Waals surface area contributed by atoms with Crippen LogP contribution in [0.5, 0.6) is 0 Å². The molecule has 0 bridgehead atoms. The summed E-state index contributed by atoms with van der Waals surface area (Å²) < 4.78 is 0. The van der Waals surface area contributed by atoms with Crippen LogP contribution in [0.1, 0.15) is 37.3 Å². The van der Waals surface area contributed by atoms with Crippen LogP contribution in [0.15, 0.2) is 29.3 Å². The Morgan fingerprint density at radius 1 is 1.04 bits per heavy atom. The highest BCUT2D eigenvalue weighted by atomic mass is 16.3. The Morgan fingerprint density at radius 3 is 2.31 bits per heavy atom. The lowest BCUT2D eigenvalue weighted by Crippen LogP contribution is -2.40. The molecule has 0 aliphatic carbocycles. The largest absolute Gasteiger partial charge is 0.393 e. The molecule has 2 aliphatic rings. The third-order valence-corrected chi connectivity index (χ3v) is 5.20. The van der Waals surface area contributed by atoms with E-state index in [0.29, 0.717) is 13.1 Å². The van der Waals surface area contributed by atoms with Crippen molar-refractivity contribution in [1.82, 2.24) is 15.1 Å². The lowest BCUT2D eigenvalue weighted by atomic mass is 10.1. The van der Waals surface area contributed by atoms with Crippen LogP contribution in [0, 0.1) is 0 Å². The molecule has 2 saturated heterocycles. The van der Waals surface area contributed by atoms with E-state index in [1.165, 1.54) is 11.1 Å². The summed E-state index contributed by atoms with van der Waals surface area (Å²) in [5.74, 6) is 0.889. The van der Waals surface area contributed by atoms with Gasteiger partial charge in [-0.3, -0.25) is 4.90 Å². The van der Waals surface area contributed by atoms with Gasteiger partial charge in [0.1, 0.15) is 0 Å². The normalized spacial score (nSPS) is 22.8. The summed E-state index contributed by atoms with van der Waals surface area (Å²) in [4.78, 5) is 9.27. The minimum atomic E-state index is -0.242. The molecule has 2 heterocycles. The minimum Gasteiger partial charge on any atom is -0.393 e. The summed E-state index contributed by atoms with van der Waals surface area (Å²) in [6, 6.07) is 8.67. The van der Waals surface area contributed by atoms with Crippen molar-refractivity contribution in [3.63, 3.8) is 0 Å². The molecule has 3 rings (SSSR count). The van der Waals surface area contributed by atoms with Crippen LogP contribution in [0.3, 0.4) is 0 Å². The number of piperidine rings is 1. The molecule has 0 saturated carbocycles. The maximum absolute atomic E-state index is 9.74. The zero-order chi connectivity index (χ0) is 18.4.